The first-order chi connectivity index (χ1) is 20.6. The standard InChI is InChI=1S/C32H30N6O4/c1-4-31(39)38-13-9-22(10-14-38)42-30-17-23-25(18-29(30)41-3)35-19-36-32(23)37-27-16-21(6-8-28(27)40-2)20-5-7-24-26(15-20)34-12-11-33-24/h4-8,11-12,15-19,22H,1,9-10,13-14H2,2-3H3,(H,35,36,37). The van der Waals surface area contributed by atoms with Crippen LogP contribution in [0.5, 0.6) is 17.2 Å². The van der Waals surface area contributed by atoms with Gasteiger partial charge in [0, 0.05) is 49.8 Å². The Hall–Kier alpha value is -5.25. The number of methoxy groups -OCH3 is 2. The minimum atomic E-state index is -0.0605. The number of carbonyl (C=O) groups is 1. The third-order valence-electron chi connectivity index (χ3n) is 7.40. The van der Waals surface area contributed by atoms with Crippen molar-refractivity contribution in [1.29, 1.82) is 0 Å². The fraction of sp³-hybridized carbons (Fsp3) is 0.219. The van der Waals surface area contributed by atoms with E-state index in [0.29, 0.717) is 54.5 Å². The van der Waals surface area contributed by atoms with Crippen molar-refractivity contribution in [1.82, 2.24) is 24.8 Å². The zero-order valence-corrected chi connectivity index (χ0v) is 23.4. The highest BCUT2D eigenvalue weighted by molar-refractivity contribution is 5.94. The molecule has 0 spiro atoms. The van der Waals surface area contributed by atoms with Gasteiger partial charge in [0.15, 0.2) is 11.5 Å². The van der Waals surface area contributed by atoms with Gasteiger partial charge in [0.05, 0.1) is 36.5 Å². The number of hydrogen-bond donors (Lipinski definition) is 1. The second-order valence-electron chi connectivity index (χ2n) is 9.89. The van der Waals surface area contributed by atoms with Gasteiger partial charge in [0.2, 0.25) is 5.91 Å². The molecule has 3 heterocycles. The number of anilines is 2. The maximum atomic E-state index is 12.0. The molecule has 42 heavy (non-hydrogen) atoms. The fourth-order valence-electron chi connectivity index (χ4n) is 5.17. The van der Waals surface area contributed by atoms with Crippen LogP contribution in [0.15, 0.2) is 79.9 Å². The van der Waals surface area contributed by atoms with E-state index in [1.807, 2.05) is 48.5 Å². The van der Waals surface area contributed by atoms with E-state index in [2.05, 4.69) is 31.8 Å². The summed E-state index contributed by atoms with van der Waals surface area (Å²) in [4.78, 5) is 31.6. The van der Waals surface area contributed by atoms with Crippen LogP contribution in [0, 0.1) is 0 Å². The first-order valence-corrected chi connectivity index (χ1v) is 13.6. The molecule has 10 heteroatoms. The van der Waals surface area contributed by atoms with Crippen molar-refractivity contribution < 1.29 is 19.0 Å². The van der Waals surface area contributed by atoms with E-state index in [9.17, 15) is 4.79 Å². The monoisotopic (exact) mass is 562 g/mol. The number of nitrogens with one attached hydrogen (secondary N) is 1. The van der Waals surface area contributed by atoms with Crippen LogP contribution in [0.4, 0.5) is 11.5 Å². The highest BCUT2D eigenvalue weighted by atomic mass is 16.5. The molecule has 10 nitrogen and oxygen atoms in total. The van der Waals surface area contributed by atoms with E-state index in [1.165, 1.54) is 12.4 Å². The predicted molar refractivity (Wildman–Crippen MR) is 161 cm³/mol. The lowest BCUT2D eigenvalue weighted by Gasteiger charge is -2.31. The van der Waals surface area contributed by atoms with E-state index in [-0.39, 0.29) is 12.0 Å². The second kappa shape index (κ2) is 11.7. The lowest BCUT2D eigenvalue weighted by atomic mass is 10.0. The van der Waals surface area contributed by atoms with Crippen LogP contribution in [-0.2, 0) is 4.79 Å². The summed E-state index contributed by atoms with van der Waals surface area (Å²) in [5.74, 6) is 2.37. The van der Waals surface area contributed by atoms with E-state index in [1.54, 1.807) is 31.5 Å². The molecule has 1 N–H and O–H groups in total. The maximum absolute atomic E-state index is 12.0. The number of ether oxygens (including phenoxy) is 3. The third kappa shape index (κ3) is 5.38. The number of carbonyl (C=O) groups excluding carboxylic acids is 1. The Morgan fingerprint density at radius 1 is 0.857 bits per heavy atom. The quantitative estimate of drug-likeness (QED) is 0.243. The summed E-state index contributed by atoms with van der Waals surface area (Å²) >= 11 is 0. The highest BCUT2D eigenvalue weighted by Gasteiger charge is 2.24. The predicted octanol–water partition coefficient (Wildman–Crippen LogP) is 5.56. The minimum absolute atomic E-state index is 0.0570. The smallest absolute Gasteiger partial charge is 0.245 e. The molecule has 6 rings (SSSR count). The highest BCUT2D eigenvalue weighted by Crippen LogP contribution is 2.38. The van der Waals surface area contributed by atoms with E-state index < -0.39 is 0 Å². The Bertz CT molecular complexity index is 1780. The third-order valence-corrected chi connectivity index (χ3v) is 7.40. The van der Waals surface area contributed by atoms with Gasteiger partial charge >= 0.3 is 0 Å². The average molecular weight is 563 g/mol. The number of benzene rings is 3. The summed E-state index contributed by atoms with van der Waals surface area (Å²) in [6.45, 7) is 4.81. The Morgan fingerprint density at radius 3 is 2.36 bits per heavy atom. The number of amides is 1. The molecule has 1 fully saturated rings. The van der Waals surface area contributed by atoms with Gasteiger partial charge in [0.1, 0.15) is 24.0 Å². The Balaban J connectivity index is 1.31. The summed E-state index contributed by atoms with van der Waals surface area (Å²) in [7, 11) is 3.24. The molecule has 1 saturated heterocycles. The number of nitrogens with zero attached hydrogens (tertiary/aromatic N) is 5. The maximum Gasteiger partial charge on any atom is 0.245 e. The van der Waals surface area contributed by atoms with Gasteiger partial charge in [-0.05, 0) is 47.5 Å². The molecule has 3 aromatic carbocycles. The summed E-state index contributed by atoms with van der Waals surface area (Å²) in [5.41, 5.74) is 5.09. The molecule has 0 saturated carbocycles. The van der Waals surface area contributed by atoms with Gasteiger partial charge in [-0.25, -0.2) is 9.97 Å². The van der Waals surface area contributed by atoms with Crippen LogP contribution in [-0.4, -0.2) is 64.2 Å². The number of likely N-dealkylation sites (tertiary alicyclic amines) is 1. The van der Waals surface area contributed by atoms with Crippen molar-refractivity contribution in [2.24, 2.45) is 0 Å². The van der Waals surface area contributed by atoms with Crippen LogP contribution in [0.3, 0.4) is 0 Å². The van der Waals surface area contributed by atoms with Gasteiger partial charge < -0.3 is 24.4 Å². The van der Waals surface area contributed by atoms with Crippen molar-refractivity contribution in [3.63, 3.8) is 0 Å². The lowest BCUT2D eigenvalue weighted by Crippen LogP contribution is -2.41. The van der Waals surface area contributed by atoms with Gasteiger partial charge in [-0.15, -0.1) is 0 Å². The average Bonchev–Trinajstić information content (AvgIpc) is 3.04. The van der Waals surface area contributed by atoms with Gasteiger partial charge in [-0.3, -0.25) is 14.8 Å². The minimum Gasteiger partial charge on any atom is -0.495 e. The van der Waals surface area contributed by atoms with Gasteiger partial charge in [-0.1, -0.05) is 18.7 Å². The van der Waals surface area contributed by atoms with Crippen LogP contribution in [0.1, 0.15) is 12.8 Å². The topological polar surface area (TPSA) is 112 Å². The largest absolute Gasteiger partial charge is 0.495 e. The number of hydrogen-bond acceptors (Lipinski definition) is 9. The van der Waals surface area contributed by atoms with Crippen molar-refractivity contribution in [3.05, 3.63) is 79.9 Å². The SMILES string of the molecule is C=CC(=O)N1CCC(Oc2cc3c(Nc4cc(-c5ccc6nccnc6c5)ccc4OC)ncnc3cc2OC)CC1. The molecular weight excluding hydrogens is 532 g/mol. The molecule has 5 aromatic rings. The normalized spacial score (nSPS) is 13.6. The van der Waals surface area contributed by atoms with Crippen molar-refractivity contribution in [2.45, 2.75) is 18.9 Å². The molecule has 212 valence electrons. The Kier molecular flexibility index (Phi) is 7.50. The molecule has 1 amide bonds. The molecule has 1 aliphatic rings. The van der Waals surface area contributed by atoms with E-state index in [4.69, 9.17) is 14.2 Å². The van der Waals surface area contributed by atoms with Crippen molar-refractivity contribution in [2.75, 3.05) is 32.6 Å². The molecule has 0 bridgehead atoms. The summed E-state index contributed by atoms with van der Waals surface area (Å²) < 4.78 is 17.7. The first kappa shape index (κ1) is 26.9. The molecule has 0 aliphatic carbocycles. The van der Waals surface area contributed by atoms with Crippen LogP contribution < -0.4 is 19.5 Å². The first-order valence-electron chi connectivity index (χ1n) is 13.6. The van der Waals surface area contributed by atoms with Crippen molar-refractivity contribution >= 4 is 39.3 Å². The zero-order chi connectivity index (χ0) is 29.1. The van der Waals surface area contributed by atoms with Crippen LogP contribution in [0.25, 0.3) is 33.1 Å². The number of aromatic nitrogens is 4. The van der Waals surface area contributed by atoms with Gasteiger partial charge in [-0.2, -0.15) is 0 Å². The molecule has 0 unspecified atom stereocenters. The number of rotatable bonds is 8. The molecular formula is C32H30N6O4. The Morgan fingerprint density at radius 2 is 1.60 bits per heavy atom. The van der Waals surface area contributed by atoms with Crippen LogP contribution >= 0.6 is 0 Å². The van der Waals surface area contributed by atoms with E-state index in [0.717, 1.165) is 33.2 Å². The van der Waals surface area contributed by atoms with Crippen molar-refractivity contribution in [3.8, 4) is 28.4 Å². The molecule has 0 atom stereocenters. The van der Waals surface area contributed by atoms with Crippen LogP contribution in [0.2, 0.25) is 0 Å². The molecule has 1 aliphatic heterocycles. The summed E-state index contributed by atoms with van der Waals surface area (Å²) in [6.07, 6.45) is 7.59. The van der Waals surface area contributed by atoms with Gasteiger partial charge in [0.25, 0.3) is 0 Å². The zero-order valence-electron chi connectivity index (χ0n) is 23.4. The molecule has 0 radical (unpaired) electrons. The van der Waals surface area contributed by atoms with E-state index >= 15 is 0 Å². The molecule has 2 aromatic heterocycles. The second-order valence-corrected chi connectivity index (χ2v) is 9.89. The fourth-order valence-corrected chi connectivity index (χ4v) is 5.17. The summed E-state index contributed by atoms with van der Waals surface area (Å²) in [5, 5.41) is 4.22. The lowest BCUT2D eigenvalue weighted by molar-refractivity contribution is -0.127. The number of fused-ring (bicyclic) bond motifs is 2. The Labute approximate surface area is 243 Å². The number of piperidine rings is 1. The summed E-state index contributed by atoms with van der Waals surface area (Å²) in [6, 6.07) is 15.7.